The van der Waals surface area contributed by atoms with Crippen LogP contribution in [0.2, 0.25) is 0 Å². The van der Waals surface area contributed by atoms with Gasteiger partial charge in [0.1, 0.15) is 17.1 Å². The fourth-order valence-electron chi connectivity index (χ4n) is 4.28. The normalized spacial score (nSPS) is 16.1. The van der Waals surface area contributed by atoms with Crippen molar-refractivity contribution in [3.05, 3.63) is 85.7 Å². The van der Waals surface area contributed by atoms with Gasteiger partial charge < -0.3 is 14.7 Å². The molecule has 198 valence electrons. The van der Waals surface area contributed by atoms with E-state index in [-0.39, 0.29) is 5.75 Å². The van der Waals surface area contributed by atoms with Crippen LogP contribution in [0.3, 0.4) is 0 Å². The third-order valence-electron chi connectivity index (χ3n) is 6.53. The van der Waals surface area contributed by atoms with Crippen molar-refractivity contribution in [3.63, 3.8) is 0 Å². The maximum Gasteiger partial charge on any atom is 0.236 e. The van der Waals surface area contributed by atoms with Crippen LogP contribution in [0.1, 0.15) is 75.6 Å². The highest BCUT2D eigenvalue weighted by molar-refractivity contribution is 7.13. The molecular weight excluding hydrogens is 490 g/mol. The SMILES string of the molecule is [C-]#[N+]C1=C(/C=C/c2ccc(/C=C/c3ccc(N(CCCC)CCCC)cc3O)s2)C(C)(C)O/C1=C(\C)C#N. The summed E-state index contributed by atoms with van der Waals surface area (Å²) >= 11 is 1.62. The van der Waals surface area contributed by atoms with Gasteiger partial charge in [-0.3, -0.25) is 0 Å². The van der Waals surface area contributed by atoms with E-state index in [0.717, 1.165) is 65.4 Å². The number of rotatable bonds is 11. The van der Waals surface area contributed by atoms with E-state index >= 15 is 0 Å². The molecule has 0 bridgehead atoms. The topological polar surface area (TPSA) is 60.9 Å². The standard InChI is InChI=1S/C32H37N3O2S/c1-7-9-19-35(20-10-8-2)25-13-11-24(29(36)21-25)12-14-26-15-16-27(38-26)17-18-28-30(34-6)31(23(3)22-33)37-32(28,4)5/h11-18,21,36H,7-10,19-20H2,1-5H3/b14-12+,18-17+,31-23+. The third-order valence-corrected chi connectivity index (χ3v) is 7.54. The monoisotopic (exact) mass is 527 g/mol. The van der Waals surface area contributed by atoms with E-state index in [0.29, 0.717) is 17.0 Å². The van der Waals surface area contributed by atoms with Crippen LogP contribution in [0.25, 0.3) is 23.1 Å². The lowest BCUT2D eigenvalue weighted by Crippen LogP contribution is -2.25. The first-order valence-corrected chi connectivity index (χ1v) is 14.0. The Morgan fingerprint density at radius 3 is 2.26 bits per heavy atom. The molecule has 0 radical (unpaired) electrons. The Balaban J connectivity index is 1.76. The molecule has 0 unspecified atom stereocenters. The van der Waals surface area contributed by atoms with Crippen molar-refractivity contribution in [1.82, 2.24) is 0 Å². The average molecular weight is 528 g/mol. The van der Waals surface area contributed by atoms with Gasteiger partial charge in [0.25, 0.3) is 0 Å². The second kappa shape index (κ2) is 13.2. The number of thiophene rings is 1. The van der Waals surface area contributed by atoms with Gasteiger partial charge in [-0.15, -0.1) is 11.3 Å². The molecule has 0 fully saturated rings. The number of benzene rings is 1. The maximum absolute atomic E-state index is 10.7. The molecule has 1 aliphatic rings. The molecule has 6 heteroatoms. The second-order valence-corrected chi connectivity index (χ2v) is 11.0. The number of nitrogens with zero attached hydrogens (tertiary/aromatic N) is 3. The minimum Gasteiger partial charge on any atom is -0.507 e. The Hall–Kier alpha value is -3.74. The lowest BCUT2D eigenvalue weighted by molar-refractivity contribution is 0.0948. The van der Waals surface area contributed by atoms with E-state index in [9.17, 15) is 10.4 Å². The molecule has 2 heterocycles. The Morgan fingerprint density at radius 1 is 1.08 bits per heavy atom. The number of hydrogen-bond donors (Lipinski definition) is 1. The quantitative estimate of drug-likeness (QED) is 0.234. The van der Waals surface area contributed by atoms with Crippen molar-refractivity contribution in [3.8, 4) is 11.8 Å². The lowest BCUT2D eigenvalue weighted by Gasteiger charge is -2.25. The summed E-state index contributed by atoms with van der Waals surface area (Å²) in [5.41, 5.74) is 2.73. The molecule has 0 atom stereocenters. The van der Waals surface area contributed by atoms with E-state index in [1.54, 1.807) is 18.3 Å². The zero-order valence-electron chi connectivity index (χ0n) is 23.0. The van der Waals surface area contributed by atoms with Gasteiger partial charge in [0.2, 0.25) is 5.70 Å². The minimum atomic E-state index is -0.684. The van der Waals surface area contributed by atoms with Gasteiger partial charge in [0.15, 0.2) is 0 Å². The van der Waals surface area contributed by atoms with E-state index < -0.39 is 5.60 Å². The highest BCUT2D eigenvalue weighted by atomic mass is 32.1. The van der Waals surface area contributed by atoms with Gasteiger partial charge in [-0.2, -0.15) is 5.26 Å². The number of nitriles is 1. The molecule has 1 aliphatic heterocycles. The summed E-state index contributed by atoms with van der Waals surface area (Å²) in [4.78, 5) is 8.12. The second-order valence-electron chi connectivity index (χ2n) is 9.90. The molecule has 38 heavy (non-hydrogen) atoms. The van der Waals surface area contributed by atoms with Crippen LogP contribution >= 0.6 is 11.3 Å². The molecule has 0 spiro atoms. The van der Waals surface area contributed by atoms with Crippen molar-refractivity contribution in [1.29, 1.82) is 5.26 Å². The summed E-state index contributed by atoms with van der Waals surface area (Å²) in [6.07, 6.45) is 12.4. The van der Waals surface area contributed by atoms with Crippen molar-refractivity contribution < 1.29 is 9.84 Å². The number of phenolic OH excluding ortho intramolecular Hbond substituents is 1. The number of anilines is 1. The summed E-state index contributed by atoms with van der Waals surface area (Å²) in [6.45, 7) is 19.5. The van der Waals surface area contributed by atoms with Gasteiger partial charge in [0.05, 0.1) is 18.2 Å². The average Bonchev–Trinajstić information content (AvgIpc) is 3.46. The van der Waals surface area contributed by atoms with Gasteiger partial charge >= 0.3 is 0 Å². The lowest BCUT2D eigenvalue weighted by atomic mass is 9.97. The van der Waals surface area contributed by atoms with E-state index in [1.807, 2.05) is 62.4 Å². The molecule has 0 aliphatic carbocycles. The summed E-state index contributed by atoms with van der Waals surface area (Å²) in [7, 11) is 0. The summed E-state index contributed by atoms with van der Waals surface area (Å²) in [5, 5.41) is 20.0. The molecule has 0 amide bonds. The predicted octanol–water partition coefficient (Wildman–Crippen LogP) is 8.82. The highest BCUT2D eigenvalue weighted by Crippen LogP contribution is 2.41. The van der Waals surface area contributed by atoms with Gasteiger partial charge in [-0.25, -0.2) is 4.85 Å². The largest absolute Gasteiger partial charge is 0.507 e. The fourth-order valence-corrected chi connectivity index (χ4v) is 5.10. The summed E-state index contributed by atoms with van der Waals surface area (Å²) < 4.78 is 5.96. The molecule has 1 aromatic heterocycles. The van der Waals surface area contributed by atoms with Gasteiger partial charge in [0, 0.05) is 45.7 Å². The van der Waals surface area contributed by atoms with Crippen LogP contribution in [-0.4, -0.2) is 23.8 Å². The van der Waals surface area contributed by atoms with Crippen molar-refractivity contribution >= 4 is 35.3 Å². The molecule has 0 saturated heterocycles. The van der Waals surface area contributed by atoms with Crippen LogP contribution in [0, 0.1) is 17.9 Å². The van der Waals surface area contributed by atoms with Crippen molar-refractivity contribution in [2.24, 2.45) is 0 Å². The zero-order valence-corrected chi connectivity index (χ0v) is 23.9. The first-order valence-electron chi connectivity index (χ1n) is 13.2. The molecule has 0 saturated carbocycles. The van der Waals surface area contributed by atoms with Crippen LogP contribution in [0.4, 0.5) is 5.69 Å². The van der Waals surface area contributed by atoms with E-state index in [2.05, 4.69) is 35.7 Å². The number of unbranched alkanes of at least 4 members (excludes halogenated alkanes) is 2. The Kier molecular flexibility index (Phi) is 9.99. The van der Waals surface area contributed by atoms with E-state index in [1.165, 1.54) is 0 Å². The summed E-state index contributed by atoms with van der Waals surface area (Å²) in [6, 6.07) is 12.1. The number of allylic oxidation sites excluding steroid dienone is 1. The number of ether oxygens (including phenoxy) is 1. The summed E-state index contributed by atoms with van der Waals surface area (Å²) in [5.74, 6) is 0.652. The van der Waals surface area contributed by atoms with Gasteiger partial charge in [-0.05, 0) is 76.1 Å². The van der Waals surface area contributed by atoms with Crippen LogP contribution in [0.5, 0.6) is 5.75 Å². The Bertz CT molecular complexity index is 1340. The van der Waals surface area contributed by atoms with Crippen LogP contribution in [0.15, 0.2) is 59.0 Å². The molecular formula is C32H37N3O2S. The Morgan fingerprint density at radius 2 is 1.71 bits per heavy atom. The van der Waals surface area contributed by atoms with Crippen LogP contribution < -0.4 is 4.90 Å². The first kappa shape index (κ1) is 28.8. The van der Waals surface area contributed by atoms with Crippen LogP contribution in [-0.2, 0) is 4.74 Å². The maximum atomic E-state index is 10.7. The molecule has 3 rings (SSSR count). The fraction of sp³-hybridized carbons (Fsp3) is 0.375. The Labute approximate surface area is 231 Å². The molecule has 5 nitrogen and oxygen atoms in total. The van der Waals surface area contributed by atoms with Crippen molar-refractivity contribution in [2.75, 3.05) is 18.0 Å². The first-order chi connectivity index (χ1) is 18.2. The van der Waals surface area contributed by atoms with E-state index in [4.69, 9.17) is 11.3 Å². The van der Waals surface area contributed by atoms with Gasteiger partial charge in [-0.1, -0.05) is 32.8 Å². The number of aromatic hydroxyl groups is 1. The smallest absolute Gasteiger partial charge is 0.236 e. The minimum absolute atomic E-state index is 0.284. The molecule has 1 N–H and O–H groups in total. The zero-order chi connectivity index (χ0) is 27.7. The van der Waals surface area contributed by atoms with Crippen molar-refractivity contribution in [2.45, 2.75) is 65.9 Å². The predicted molar refractivity (Wildman–Crippen MR) is 160 cm³/mol. The molecule has 2 aromatic rings. The highest BCUT2D eigenvalue weighted by Gasteiger charge is 2.37. The number of hydrogen-bond acceptors (Lipinski definition) is 5. The third kappa shape index (κ3) is 6.97. The molecule has 1 aromatic carbocycles. The number of phenols is 1.